The van der Waals surface area contributed by atoms with Crippen molar-refractivity contribution in [1.29, 1.82) is 0 Å². The highest BCUT2D eigenvalue weighted by atomic mass is 19.4. The average Bonchev–Trinajstić information content (AvgIpc) is 2.95. The number of ether oxygens (including phenoxy) is 1. The lowest BCUT2D eigenvalue weighted by atomic mass is 9.77. The quantitative estimate of drug-likeness (QED) is 0.718. The number of nitrogens with zero attached hydrogens (tertiary/aromatic N) is 2. The Bertz CT molecular complexity index is 938. The summed E-state index contributed by atoms with van der Waals surface area (Å²) in [6, 6.07) is 10.1. The number of rotatable bonds is 3. The van der Waals surface area contributed by atoms with Crippen LogP contribution >= 0.6 is 0 Å². The van der Waals surface area contributed by atoms with Crippen LogP contribution in [-0.2, 0) is 6.18 Å². The third-order valence-electron chi connectivity index (χ3n) is 4.71. The molecule has 4 nitrogen and oxygen atoms in total. The second kappa shape index (κ2) is 5.74. The van der Waals surface area contributed by atoms with Gasteiger partial charge in [0.1, 0.15) is 11.5 Å². The maximum Gasteiger partial charge on any atom is 0.416 e. The van der Waals surface area contributed by atoms with Crippen LogP contribution in [0.25, 0.3) is 11.0 Å². The Kier molecular flexibility index (Phi) is 3.73. The first-order valence-corrected chi connectivity index (χ1v) is 8.25. The monoisotopic (exact) mass is 362 g/mol. The van der Waals surface area contributed by atoms with Gasteiger partial charge in [-0.1, -0.05) is 0 Å². The second-order valence-corrected chi connectivity index (χ2v) is 6.99. The summed E-state index contributed by atoms with van der Waals surface area (Å²) in [6.45, 7) is 1.81. The molecule has 136 valence electrons. The summed E-state index contributed by atoms with van der Waals surface area (Å²) in [5.74, 6) is 0.847. The van der Waals surface area contributed by atoms with Gasteiger partial charge in [-0.05, 0) is 56.2 Å². The molecule has 1 N–H and O–H groups in total. The third kappa shape index (κ3) is 3.14. The molecule has 0 saturated heterocycles. The molecule has 0 aliphatic heterocycles. The molecule has 4 rings (SSSR count). The Balaban J connectivity index is 1.57. The summed E-state index contributed by atoms with van der Waals surface area (Å²) >= 11 is 0. The number of hydrogen-bond donors (Lipinski definition) is 1. The van der Waals surface area contributed by atoms with Crippen molar-refractivity contribution in [1.82, 2.24) is 9.55 Å². The molecule has 0 unspecified atom stereocenters. The van der Waals surface area contributed by atoms with Crippen molar-refractivity contribution in [3.8, 4) is 11.5 Å². The summed E-state index contributed by atoms with van der Waals surface area (Å²) in [7, 11) is 0. The highest BCUT2D eigenvalue weighted by Crippen LogP contribution is 2.42. The highest BCUT2D eigenvalue weighted by molar-refractivity contribution is 5.77. The van der Waals surface area contributed by atoms with E-state index in [-0.39, 0.29) is 6.04 Å². The number of halogens is 3. The van der Waals surface area contributed by atoms with E-state index in [9.17, 15) is 18.3 Å². The summed E-state index contributed by atoms with van der Waals surface area (Å²) in [4.78, 5) is 4.36. The summed E-state index contributed by atoms with van der Waals surface area (Å²) in [6.07, 6.45) is -1.31. The second-order valence-electron chi connectivity index (χ2n) is 6.99. The van der Waals surface area contributed by atoms with Gasteiger partial charge in [-0.15, -0.1) is 0 Å². The van der Waals surface area contributed by atoms with Crippen LogP contribution in [0.1, 0.15) is 31.4 Å². The van der Waals surface area contributed by atoms with Crippen LogP contribution in [0.15, 0.2) is 48.8 Å². The number of fused-ring (bicyclic) bond motifs is 1. The zero-order valence-corrected chi connectivity index (χ0v) is 14.0. The molecule has 0 bridgehead atoms. The van der Waals surface area contributed by atoms with Gasteiger partial charge >= 0.3 is 6.18 Å². The maximum atomic E-state index is 12.6. The van der Waals surface area contributed by atoms with E-state index in [1.165, 1.54) is 12.1 Å². The molecule has 0 atom stereocenters. The normalized spacial score (nSPS) is 23.0. The van der Waals surface area contributed by atoms with Gasteiger partial charge in [0.15, 0.2) is 0 Å². The SMILES string of the molecule is C[C@]1(O)C[C@@H](n2cnc3ccc(Oc4ccc(C(F)(F)F)cc4)cc32)C1. The van der Waals surface area contributed by atoms with Crippen molar-refractivity contribution in [2.24, 2.45) is 0 Å². The Morgan fingerprint density at radius 2 is 1.77 bits per heavy atom. The van der Waals surface area contributed by atoms with Gasteiger partial charge in [-0.3, -0.25) is 0 Å². The smallest absolute Gasteiger partial charge is 0.416 e. The zero-order valence-electron chi connectivity index (χ0n) is 14.0. The van der Waals surface area contributed by atoms with Crippen molar-refractivity contribution in [2.45, 2.75) is 37.6 Å². The van der Waals surface area contributed by atoms with Crippen molar-refractivity contribution in [3.63, 3.8) is 0 Å². The molecule has 0 spiro atoms. The van der Waals surface area contributed by atoms with E-state index in [0.717, 1.165) is 23.2 Å². The molecule has 1 aliphatic carbocycles. The van der Waals surface area contributed by atoms with Crippen LogP contribution in [0.3, 0.4) is 0 Å². The molecule has 1 saturated carbocycles. The average molecular weight is 362 g/mol. The minimum absolute atomic E-state index is 0.177. The van der Waals surface area contributed by atoms with E-state index in [1.807, 2.05) is 23.6 Å². The fourth-order valence-electron chi connectivity index (χ4n) is 3.36. The summed E-state index contributed by atoms with van der Waals surface area (Å²) in [5.41, 5.74) is 0.317. The lowest BCUT2D eigenvalue weighted by Crippen LogP contribution is -2.41. The topological polar surface area (TPSA) is 47.3 Å². The zero-order chi connectivity index (χ0) is 18.5. The van der Waals surface area contributed by atoms with Gasteiger partial charge in [-0.25, -0.2) is 4.98 Å². The molecule has 1 aromatic heterocycles. The molecule has 0 radical (unpaired) electrons. The van der Waals surface area contributed by atoms with Crippen molar-refractivity contribution in [3.05, 3.63) is 54.4 Å². The minimum atomic E-state index is -4.37. The third-order valence-corrected chi connectivity index (χ3v) is 4.71. The Morgan fingerprint density at radius 3 is 2.38 bits per heavy atom. The van der Waals surface area contributed by atoms with Gasteiger partial charge in [-0.2, -0.15) is 13.2 Å². The number of aromatic nitrogens is 2. The fourth-order valence-corrected chi connectivity index (χ4v) is 3.36. The summed E-state index contributed by atoms with van der Waals surface area (Å²) < 4.78 is 45.6. The molecule has 3 aromatic rings. The largest absolute Gasteiger partial charge is 0.457 e. The predicted molar refractivity (Wildman–Crippen MR) is 90.1 cm³/mol. The molecular weight excluding hydrogens is 345 g/mol. The van der Waals surface area contributed by atoms with Crippen LogP contribution < -0.4 is 4.74 Å². The first kappa shape index (κ1) is 16.9. The summed E-state index contributed by atoms with van der Waals surface area (Å²) in [5, 5.41) is 9.95. The van der Waals surface area contributed by atoms with Crippen LogP contribution in [0, 0.1) is 0 Å². The van der Waals surface area contributed by atoms with Crippen LogP contribution in [0.4, 0.5) is 13.2 Å². The lowest BCUT2D eigenvalue weighted by molar-refractivity contribution is -0.137. The Morgan fingerprint density at radius 1 is 1.12 bits per heavy atom. The van der Waals surface area contributed by atoms with E-state index >= 15 is 0 Å². The predicted octanol–water partition coefficient (Wildman–Crippen LogP) is 4.93. The van der Waals surface area contributed by atoms with E-state index in [1.54, 1.807) is 12.4 Å². The van der Waals surface area contributed by atoms with E-state index < -0.39 is 17.3 Å². The van der Waals surface area contributed by atoms with Crippen LogP contribution in [0.5, 0.6) is 11.5 Å². The number of benzene rings is 2. The molecule has 26 heavy (non-hydrogen) atoms. The van der Waals surface area contributed by atoms with Gasteiger partial charge < -0.3 is 14.4 Å². The first-order chi connectivity index (χ1) is 12.2. The maximum absolute atomic E-state index is 12.6. The van der Waals surface area contributed by atoms with Crippen LogP contribution in [-0.4, -0.2) is 20.3 Å². The lowest BCUT2D eigenvalue weighted by Gasteiger charge is -2.41. The van der Waals surface area contributed by atoms with Crippen molar-refractivity contribution < 1.29 is 23.0 Å². The van der Waals surface area contributed by atoms with Gasteiger partial charge in [0.25, 0.3) is 0 Å². The highest BCUT2D eigenvalue weighted by Gasteiger charge is 2.39. The Hall–Kier alpha value is -2.54. The van der Waals surface area contributed by atoms with E-state index in [2.05, 4.69) is 4.98 Å². The van der Waals surface area contributed by atoms with E-state index in [0.29, 0.717) is 24.3 Å². The molecule has 1 fully saturated rings. The molecule has 1 heterocycles. The molecule has 7 heteroatoms. The standard InChI is InChI=1S/C19H17F3N2O2/c1-18(25)9-13(10-18)24-11-23-16-7-6-15(8-17(16)24)26-14-4-2-12(3-5-14)19(20,21)22/h2-8,11,13,25H,9-10H2,1H3/t13-,18+. The van der Waals surface area contributed by atoms with Gasteiger partial charge in [0.2, 0.25) is 0 Å². The molecule has 0 amide bonds. The minimum Gasteiger partial charge on any atom is -0.457 e. The number of aliphatic hydroxyl groups is 1. The van der Waals surface area contributed by atoms with Crippen molar-refractivity contribution >= 4 is 11.0 Å². The Labute approximate surface area is 147 Å². The van der Waals surface area contributed by atoms with Gasteiger partial charge in [0.05, 0.1) is 28.5 Å². The number of hydrogen-bond acceptors (Lipinski definition) is 3. The fraction of sp³-hybridized carbons (Fsp3) is 0.316. The molecule has 1 aliphatic rings. The molecule has 2 aromatic carbocycles. The first-order valence-electron chi connectivity index (χ1n) is 8.25. The number of alkyl halides is 3. The number of imidazole rings is 1. The van der Waals surface area contributed by atoms with Crippen LogP contribution in [0.2, 0.25) is 0 Å². The van der Waals surface area contributed by atoms with Gasteiger partial charge in [0, 0.05) is 12.1 Å². The van der Waals surface area contributed by atoms with Crippen molar-refractivity contribution in [2.75, 3.05) is 0 Å². The van der Waals surface area contributed by atoms with E-state index in [4.69, 9.17) is 4.74 Å². The molecular formula is C19H17F3N2O2.